The number of carbonyl (C=O) groups excluding carboxylic acids is 8. The Labute approximate surface area is 393 Å². The zero-order valence-corrected chi connectivity index (χ0v) is 40.0. The van der Waals surface area contributed by atoms with Gasteiger partial charge in [-0.3, -0.25) is 29.0 Å². The van der Waals surface area contributed by atoms with E-state index < -0.39 is 97.9 Å². The number of aliphatic carboxylic acids is 4. The second-order valence-corrected chi connectivity index (χ2v) is 11.3. The first-order valence-corrected chi connectivity index (χ1v) is 16.0. The van der Waals surface area contributed by atoms with Gasteiger partial charge in [-0.25, -0.2) is 0 Å². The average molecular weight is 777 g/mol. The molecule has 0 aliphatic heterocycles. The quantitative estimate of drug-likeness (QED) is 0.0564. The number of nitrogens with zero attached hydrogens (tertiary/aromatic N) is 2. The summed E-state index contributed by atoms with van der Waals surface area (Å²) in [5.41, 5.74) is 0. The van der Waals surface area contributed by atoms with E-state index in [2.05, 4.69) is 21.3 Å². The number of rotatable bonds is 27. The molecule has 22 heteroatoms. The molecule has 18 nitrogen and oxygen atoms in total. The third kappa shape index (κ3) is 28.1. The number of carboxylic acids is 4. The van der Waals surface area contributed by atoms with Crippen molar-refractivity contribution >= 4 is 47.5 Å². The van der Waals surface area contributed by atoms with Crippen LogP contribution in [0.3, 0.4) is 0 Å². The predicted octanol–water partition coefficient (Wildman–Crippen LogP) is -18.3. The second kappa shape index (κ2) is 35.1. The van der Waals surface area contributed by atoms with Crippen LogP contribution in [0.25, 0.3) is 0 Å². The molecule has 0 aliphatic rings. The van der Waals surface area contributed by atoms with Gasteiger partial charge in [0.1, 0.15) is 0 Å². The van der Waals surface area contributed by atoms with E-state index in [0.29, 0.717) is 25.7 Å². The van der Waals surface area contributed by atoms with Gasteiger partial charge >= 0.3 is 118 Å². The summed E-state index contributed by atoms with van der Waals surface area (Å²) >= 11 is 0. The standard InChI is InChI=1S/C30H52N6O12.4Na/c1-5-9-19(27(41)42)31-23(37)15-35(16-24(38)32-20(10-6-2)28(43)44)13-14-36(17-25(39)33-21(11-7-3)29(45)46)18-26(40)34-22(12-8-4)30(47)48;;;;/h19-22H,5-18H2,1-4H3,(H,31,37)(H,32,38)(H,33,39)(H,34,40)(H,41,42)(H,43,44)(H,45,46)(H,47,48);;;;/q;4*+1/p-4. The van der Waals surface area contributed by atoms with Crippen LogP contribution in [0.5, 0.6) is 0 Å². The first-order chi connectivity index (χ1) is 22.6. The number of hydrogen-bond acceptors (Lipinski definition) is 14. The minimum Gasteiger partial charge on any atom is -0.548 e. The van der Waals surface area contributed by atoms with Crippen molar-refractivity contribution in [3.63, 3.8) is 0 Å². The van der Waals surface area contributed by atoms with Crippen molar-refractivity contribution in [1.82, 2.24) is 31.1 Å². The minimum absolute atomic E-state index is 0. The van der Waals surface area contributed by atoms with Crippen molar-refractivity contribution in [3.05, 3.63) is 0 Å². The molecule has 0 rings (SSSR count). The van der Waals surface area contributed by atoms with Crippen molar-refractivity contribution in [2.45, 2.75) is 103 Å². The summed E-state index contributed by atoms with van der Waals surface area (Å²) in [4.78, 5) is 99.4. The molecule has 0 spiro atoms. The maximum atomic E-state index is 12.8. The van der Waals surface area contributed by atoms with Crippen LogP contribution in [0.2, 0.25) is 0 Å². The summed E-state index contributed by atoms with van der Waals surface area (Å²) in [5.74, 6) is -9.35. The van der Waals surface area contributed by atoms with Crippen molar-refractivity contribution < 1.29 is 177 Å². The van der Waals surface area contributed by atoms with Crippen LogP contribution in [0.1, 0.15) is 79.1 Å². The molecule has 0 aliphatic carbocycles. The normalized spacial score (nSPS) is 12.5. The van der Waals surface area contributed by atoms with Crippen molar-refractivity contribution in [1.29, 1.82) is 0 Å². The maximum Gasteiger partial charge on any atom is 1.00 e. The molecule has 274 valence electrons. The summed E-state index contributed by atoms with van der Waals surface area (Å²) in [6, 6.07) is -5.30. The van der Waals surface area contributed by atoms with Crippen LogP contribution in [0, 0.1) is 0 Å². The molecule has 52 heavy (non-hydrogen) atoms. The van der Waals surface area contributed by atoms with Crippen molar-refractivity contribution in [3.8, 4) is 0 Å². The molecule has 0 saturated heterocycles. The van der Waals surface area contributed by atoms with Gasteiger partial charge < -0.3 is 60.9 Å². The molecule has 0 aromatic rings. The topological polar surface area (TPSA) is 283 Å². The van der Waals surface area contributed by atoms with E-state index in [1.165, 1.54) is 9.80 Å². The van der Waals surface area contributed by atoms with Gasteiger partial charge in [0.15, 0.2) is 0 Å². The summed E-state index contributed by atoms with van der Waals surface area (Å²) in [6.07, 6.45) is 1.86. The Bertz CT molecular complexity index is 961. The predicted molar refractivity (Wildman–Crippen MR) is 160 cm³/mol. The Hall–Kier alpha value is -0.320. The Morgan fingerprint density at radius 1 is 0.404 bits per heavy atom. The van der Waals surface area contributed by atoms with Gasteiger partial charge in [-0.05, 0) is 25.7 Å². The molecule has 0 aromatic carbocycles. The van der Waals surface area contributed by atoms with E-state index in [0.717, 1.165) is 0 Å². The number of carbonyl (C=O) groups is 8. The summed E-state index contributed by atoms with van der Waals surface area (Å²) in [6.45, 7) is 4.05. The zero-order valence-electron chi connectivity index (χ0n) is 32.0. The fraction of sp³-hybridized carbons (Fsp3) is 0.733. The van der Waals surface area contributed by atoms with Gasteiger partial charge in [0.25, 0.3) is 0 Å². The molecule has 0 fully saturated rings. The first-order valence-electron chi connectivity index (χ1n) is 16.0. The molecular formula is C30H48N6Na4O12. The fourth-order valence-electron chi connectivity index (χ4n) is 4.63. The Morgan fingerprint density at radius 2 is 0.577 bits per heavy atom. The smallest absolute Gasteiger partial charge is 0.548 e. The van der Waals surface area contributed by atoms with Crippen LogP contribution >= 0.6 is 0 Å². The Kier molecular flexibility index (Phi) is 41.1. The van der Waals surface area contributed by atoms with Gasteiger partial charge in [0, 0.05) is 13.1 Å². The summed E-state index contributed by atoms with van der Waals surface area (Å²) in [5, 5.41) is 55.0. The molecule has 0 bridgehead atoms. The van der Waals surface area contributed by atoms with Crippen LogP contribution in [0.4, 0.5) is 0 Å². The average Bonchev–Trinajstić information content (AvgIpc) is 2.98. The van der Waals surface area contributed by atoms with Crippen LogP contribution < -0.4 is 160 Å². The van der Waals surface area contributed by atoms with E-state index in [1.54, 1.807) is 27.7 Å². The number of carboxylic acid groups (broad SMARTS) is 4. The number of hydrogen-bond donors (Lipinski definition) is 4. The number of nitrogens with one attached hydrogen (secondary N) is 4. The summed E-state index contributed by atoms with van der Waals surface area (Å²) in [7, 11) is 0. The van der Waals surface area contributed by atoms with Gasteiger partial charge in [-0.15, -0.1) is 0 Å². The molecule has 0 radical (unpaired) electrons. The van der Waals surface area contributed by atoms with Crippen molar-refractivity contribution in [2.75, 3.05) is 39.3 Å². The van der Waals surface area contributed by atoms with E-state index >= 15 is 0 Å². The van der Waals surface area contributed by atoms with Crippen LogP contribution in [-0.4, -0.2) is 121 Å². The molecule has 4 N–H and O–H groups in total. The Balaban J connectivity index is -0.00000184. The van der Waals surface area contributed by atoms with Crippen molar-refractivity contribution in [2.24, 2.45) is 0 Å². The first kappa shape index (κ1) is 60.9. The summed E-state index contributed by atoms with van der Waals surface area (Å²) < 4.78 is 0. The largest absolute Gasteiger partial charge is 1.00 e. The molecule has 0 saturated carbocycles. The molecule has 4 atom stereocenters. The van der Waals surface area contributed by atoms with E-state index in [4.69, 9.17) is 0 Å². The van der Waals surface area contributed by atoms with E-state index in [-0.39, 0.29) is 157 Å². The van der Waals surface area contributed by atoms with Gasteiger partial charge in [-0.2, -0.15) is 0 Å². The van der Waals surface area contributed by atoms with Crippen LogP contribution in [-0.2, 0) is 38.4 Å². The molecule has 4 unspecified atom stereocenters. The van der Waals surface area contributed by atoms with Gasteiger partial charge in [0.05, 0.1) is 74.2 Å². The van der Waals surface area contributed by atoms with Gasteiger partial charge in [-0.1, -0.05) is 53.4 Å². The maximum absolute atomic E-state index is 12.8. The van der Waals surface area contributed by atoms with Gasteiger partial charge in [0.2, 0.25) is 23.6 Å². The minimum atomic E-state index is -1.52. The van der Waals surface area contributed by atoms with Crippen LogP contribution in [0.15, 0.2) is 0 Å². The number of amides is 4. The monoisotopic (exact) mass is 776 g/mol. The molecule has 0 heterocycles. The second-order valence-electron chi connectivity index (χ2n) is 11.3. The van der Waals surface area contributed by atoms with E-state index in [1.807, 2.05) is 0 Å². The Morgan fingerprint density at radius 3 is 0.712 bits per heavy atom. The molecule has 4 amide bonds. The third-order valence-corrected chi connectivity index (χ3v) is 6.99. The fourth-order valence-corrected chi connectivity index (χ4v) is 4.63. The van der Waals surface area contributed by atoms with E-state index in [9.17, 15) is 58.8 Å². The SMILES string of the molecule is CCCC(NC(=O)CN(CCN(CC(=O)NC(CCC)C(=O)[O-])CC(=O)NC(CCC)C(=O)[O-])CC(=O)NC(CCC)C(=O)[O-])C(=O)[O-].[Na+].[Na+].[Na+].[Na+]. The third-order valence-electron chi connectivity index (χ3n) is 6.99. The zero-order chi connectivity index (χ0) is 36.8. The molecular weight excluding hydrogens is 728 g/mol. The molecule has 0 aromatic heterocycles.